The minimum Gasteiger partial charge on any atom is -0.476 e. The van der Waals surface area contributed by atoms with Crippen LogP contribution in [0.25, 0.3) is 0 Å². The molecule has 0 fully saturated rings. The van der Waals surface area contributed by atoms with Gasteiger partial charge in [0.15, 0.2) is 5.69 Å². The Hall–Kier alpha value is -1.01. The van der Waals surface area contributed by atoms with E-state index in [0.29, 0.717) is 6.54 Å². The minimum atomic E-state index is -0.985. The number of thioether (sulfide) groups is 1. The second-order valence-corrected chi connectivity index (χ2v) is 4.10. The fourth-order valence-electron chi connectivity index (χ4n) is 1.17. The van der Waals surface area contributed by atoms with Crippen LogP contribution >= 0.6 is 11.8 Å². The standard InChI is InChI=1S/C9H15N3O2S/c1-12-7(6-10-3-4-15-2)5-8(11-12)9(13)14/h5,10H,3-4,6H2,1-2H3,(H,13,14). The van der Waals surface area contributed by atoms with E-state index in [1.165, 1.54) is 0 Å². The van der Waals surface area contributed by atoms with Crippen LogP contribution in [0, 0.1) is 0 Å². The Kier molecular flexibility index (Phi) is 4.64. The van der Waals surface area contributed by atoms with Crippen LogP contribution < -0.4 is 5.32 Å². The summed E-state index contributed by atoms with van der Waals surface area (Å²) in [4.78, 5) is 10.6. The van der Waals surface area contributed by atoms with Gasteiger partial charge in [0.2, 0.25) is 0 Å². The molecule has 2 N–H and O–H groups in total. The Bertz CT molecular complexity index is 338. The molecule has 0 saturated heterocycles. The number of hydrogen-bond acceptors (Lipinski definition) is 4. The number of aryl methyl sites for hydroxylation is 1. The first-order chi connectivity index (χ1) is 7.15. The predicted molar refractivity (Wildman–Crippen MR) is 60.3 cm³/mol. The van der Waals surface area contributed by atoms with Crippen LogP contribution in [-0.4, -0.2) is 39.4 Å². The highest BCUT2D eigenvalue weighted by atomic mass is 32.2. The average Bonchev–Trinajstić information content (AvgIpc) is 2.55. The second kappa shape index (κ2) is 5.77. The SMILES string of the molecule is CSCCNCc1cc(C(=O)O)nn1C. The maximum absolute atomic E-state index is 10.6. The third-order valence-electron chi connectivity index (χ3n) is 1.98. The highest BCUT2D eigenvalue weighted by Crippen LogP contribution is 2.02. The molecule has 0 spiro atoms. The van der Waals surface area contributed by atoms with Crippen molar-refractivity contribution in [3.05, 3.63) is 17.5 Å². The van der Waals surface area contributed by atoms with Crippen molar-refractivity contribution in [2.75, 3.05) is 18.6 Å². The van der Waals surface area contributed by atoms with Crippen molar-refractivity contribution in [2.24, 2.45) is 7.05 Å². The summed E-state index contributed by atoms with van der Waals surface area (Å²) in [5, 5.41) is 15.8. The zero-order valence-electron chi connectivity index (χ0n) is 8.86. The van der Waals surface area contributed by atoms with Gasteiger partial charge >= 0.3 is 5.97 Å². The van der Waals surface area contributed by atoms with Gasteiger partial charge in [-0.3, -0.25) is 4.68 Å². The van der Waals surface area contributed by atoms with Crippen molar-refractivity contribution in [3.8, 4) is 0 Å². The summed E-state index contributed by atoms with van der Waals surface area (Å²) in [5.41, 5.74) is 0.979. The number of aromatic nitrogens is 2. The molecule has 0 aliphatic rings. The first-order valence-corrected chi connectivity index (χ1v) is 6.00. The fraction of sp³-hybridized carbons (Fsp3) is 0.556. The molecule has 0 unspecified atom stereocenters. The third-order valence-corrected chi connectivity index (χ3v) is 2.60. The molecule has 6 heteroatoms. The number of rotatable bonds is 6. The summed E-state index contributed by atoms with van der Waals surface area (Å²) in [5.74, 6) is 0.0601. The number of nitrogens with one attached hydrogen (secondary N) is 1. The van der Waals surface area contributed by atoms with Crippen molar-refractivity contribution < 1.29 is 9.90 Å². The molecule has 0 saturated carbocycles. The molecule has 15 heavy (non-hydrogen) atoms. The molecular formula is C9H15N3O2S. The fourth-order valence-corrected chi connectivity index (χ4v) is 1.52. The zero-order valence-corrected chi connectivity index (χ0v) is 9.67. The topological polar surface area (TPSA) is 67.2 Å². The van der Waals surface area contributed by atoms with Crippen molar-refractivity contribution >= 4 is 17.7 Å². The molecule has 0 amide bonds. The van der Waals surface area contributed by atoms with Crippen LogP contribution in [0.2, 0.25) is 0 Å². The number of carbonyl (C=O) groups is 1. The van der Waals surface area contributed by atoms with Gasteiger partial charge in [0.25, 0.3) is 0 Å². The van der Waals surface area contributed by atoms with Gasteiger partial charge in [-0.2, -0.15) is 16.9 Å². The van der Waals surface area contributed by atoms with Gasteiger partial charge in [-0.15, -0.1) is 0 Å². The normalized spacial score (nSPS) is 10.5. The highest BCUT2D eigenvalue weighted by Gasteiger charge is 2.10. The molecule has 1 rings (SSSR count). The van der Waals surface area contributed by atoms with Gasteiger partial charge in [-0.05, 0) is 12.3 Å². The number of hydrogen-bond donors (Lipinski definition) is 2. The Morgan fingerprint density at radius 1 is 1.73 bits per heavy atom. The summed E-state index contributed by atoms with van der Waals surface area (Å²) < 4.78 is 1.59. The average molecular weight is 229 g/mol. The van der Waals surface area contributed by atoms with Crippen molar-refractivity contribution in [3.63, 3.8) is 0 Å². The van der Waals surface area contributed by atoms with Crippen LogP contribution in [0.4, 0.5) is 0 Å². The molecule has 0 aliphatic carbocycles. The second-order valence-electron chi connectivity index (χ2n) is 3.12. The number of nitrogens with zero attached hydrogens (tertiary/aromatic N) is 2. The van der Waals surface area contributed by atoms with E-state index in [0.717, 1.165) is 18.0 Å². The molecule has 1 aromatic rings. The number of carboxylic acid groups (broad SMARTS) is 1. The van der Waals surface area contributed by atoms with Crippen LogP contribution in [0.15, 0.2) is 6.07 Å². The molecule has 5 nitrogen and oxygen atoms in total. The van der Waals surface area contributed by atoms with E-state index >= 15 is 0 Å². The van der Waals surface area contributed by atoms with E-state index < -0.39 is 5.97 Å². The molecule has 84 valence electrons. The number of carboxylic acids is 1. The number of aromatic carboxylic acids is 1. The van der Waals surface area contributed by atoms with Crippen LogP contribution in [0.5, 0.6) is 0 Å². The molecule has 0 atom stereocenters. The van der Waals surface area contributed by atoms with E-state index in [4.69, 9.17) is 5.11 Å². The lowest BCUT2D eigenvalue weighted by molar-refractivity contribution is 0.0689. The summed E-state index contributed by atoms with van der Waals surface area (Å²) in [6, 6.07) is 1.59. The van der Waals surface area contributed by atoms with Gasteiger partial charge < -0.3 is 10.4 Å². The van der Waals surface area contributed by atoms with Gasteiger partial charge in [-0.1, -0.05) is 0 Å². The first kappa shape index (κ1) is 12.1. The molecular weight excluding hydrogens is 214 g/mol. The minimum absolute atomic E-state index is 0.0965. The molecule has 1 heterocycles. The van der Waals surface area contributed by atoms with E-state index in [-0.39, 0.29) is 5.69 Å². The Labute approximate surface area is 92.9 Å². The molecule has 0 aliphatic heterocycles. The summed E-state index contributed by atoms with van der Waals surface area (Å²) in [6.07, 6.45) is 2.05. The lowest BCUT2D eigenvalue weighted by Crippen LogP contribution is -2.18. The lowest BCUT2D eigenvalue weighted by Gasteiger charge is -2.03. The van der Waals surface area contributed by atoms with Crippen molar-refractivity contribution in [2.45, 2.75) is 6.54 Å². The van der Waals surface area contributed by atoms with Crippen LogP contribution in [0.1, 0.15) is 16.2 Å². The quantitative estimate of drug-likeness (QED) is 0.698. The van der Waals surface area contributed by atoms with Crippen LogP contribution in [0.3, 0.4) is 0 Å². The lowest BCUT2D eigenvalue weighted by atomic mass is 10.3. The molecule has 0 radical (unpaired) electrons. The molecule has 0 aromatic carbocycles. The highest BCUT2D eigenvalue weighted by molar-refractivity contribution is 7.98. The Balaban J connectivity index is 2.50. The molecule has 0 bridgehead atoms. The predicted octanol–water partition coefficient (Wildman–Crippen LogP) is 0.571. The zero-order chi connectivity index (χ0) is 11.3. The van der Waals surface area contributed by atoms with Gasteiger partial charge in [0, 0.05) is 25.9 Å². The summed E-state index contributed by atoms with van der Waals surface area (Å²) in [7, 11) is 1.75. The summed E-state index contributed by atoms with van der Waals surface area (Å²) in [6.45, 7) is 1.56. The third kappa shape index (κ3) is 3.56. The van der Waals surface area contributed by atoms with E-state index in [1.54, 1.807) is 29.6 Å². The smallest absolute Gasteiger partial charge is 0.356 e. The maximum atomic E-state index is 10.6. The van der Waals surface area contributed by atoms with Gasteiger partial charge in [-0.25, -0.2) is 4.79 Å². The molecule has 1 aromatic heterocycles. The monoisotopic (exact) mass is 229 g/mol. The van der Waals surface area contributed by atoms with Gasteiger partial charge in [0.1, 0.15) is 0 Å². The van der Waals surface area contributed by atoms with Crippen molar-refractivity contribution in [1.29, 1.82) is 0 Å². The first-order valence-electron chi connectivity index (χ1n) is 4.61. The summed E-state index contributed by atoms with van der Waals surface area (Å²) >= 11 is 1.77. The largest absolute Gasteiger partial charge is 0.476 e. The van der Waals surface area contributed by atoms with E-state index in [1.807, 2.05) is 6.26 Å². The Morgan fingerprint density at radius 2 is 2.47 bits per heavy atom. The van der Waals surface area contributed by atoms with Crippen molar-refractivity contribution in [1.82, 2.24) is 15.1 Å². The van der Waals surface area contributed by atoms with Gasteiger partial charge in [0.05, 0.1) is 5.69 Å². The van der Waals surface area contributed by atoms with Crippen LogP contribution in [-0.2, 0) is 13.6 Å². The Morgan fingerprint density at radius 3 is 3.00 bits per heavy atom. The van der Waals surface area contributed by atoms with E-state index in [9.17, 15) is 4.79 Å². The van der Waals surface area contributed by atoms with E-state index in [2.05, 4.69) is 10.4 Å². The maximum Gasteiger partial charge on any atom is 0.356 e.